The van der Waals surface area contributed by atoms with Gasteiger partial charge < -0.3 is 15.8 Å². The number of methoxy groups -OCH3 is 1. The van der Waals surface area contributed by atoms with Crippen LogP contribution in [0.3, 0.4) is 0 Å². The lowest BCUT2D eigenvalue weighted by Gasteiger charge is -2.15. The molecule has 1 heterocycles. The van der Waals surface area contributed by atoms with E-state index in [2.05, 4.69) is 10.3 Å². The van der Waals surface area contributed by atoms with Crippen molar-refractivity contribution in [3.05, 3.63) is 41.7 Å². The number of amides is 1. The molecular weight excluding hydrogens is 299 g/mol. The summed E-state index contributed by atoms with van der Waals surface area (Å²) in [7, 11) is 1.31. The summed E-state index contributed by atoms with van der Waals surface area (Å²) in [4.78, 5) is 15.4. The second kappa shape index (κ2) is 8.50. The Morgan fingerprint density at radius 3 is 2.77 bits per heavy atom. The highest BCUT2D eigenvalue weighted by molar-refractivity contribution is 5.81. The number of nitrogens with one attached hydrogen (secondary N) is 1. The molecule has 0 saturated heterocycles. The van der Waals surface area contributed by atoms with Gasteiger partial charge in [0.2, 0.25) is 5.91 Å². The van der Waals surface area contributed by atoms with E-state index < -0.39 is 23.9 Å². The van der Waals surface area contributed by atoms with E-state index in [1.54, 1.807) is 12.2 Å². The SMILES string of the molecule is CO[C@@H](Cc1cccc(C(F)(F)F)n1)C(=O)NC/C=C/CN. The summed E-state index contributed by atoms with van der Waals surface area (Å²) in [6.45, 7) is 0.629. The molecule has 1 aromatic heterocycles. The summed E-state index contributed by atoms with van der Waals surface area (Å²) < 4.78 is 42.8. The van der Waals surface area contributed by atoms with Crippen molar-refractivity contribution in [3.8, 4) is 0 Å². The van der Waals surface area contributed by atoms with Crippen molar-refractivity contribution < 1.29 is 22.7 Å². The molecule has 122 valence electrons. The van der Waals surface area contributed by atoms with E-state index in [0.29, 0.717) is 6.54 Å². The molecule has 8 heteroatoms. The third-order valence-electron chi connectivity index (χ3n) is 2.77. The van der Waals surface area contributed by atoms with Crippen molar-refractivity contribution in [2.75, 3.05) is 20.2 Å². The number of halogens is 3. The minimum atomic E-state index is -4.52. The van der Waals surface area contributed by atoms with Gasteiger partial charge in [-0.25, -0.2) is 4.98 Å². The fraction of sp³-hybridized carbons (Fsp3) is 0.429. The first kappa shape index (κ1) is 18.1. The van der Waals surface area contributed by atoms with Gasteiger partial charge in [-0.1, -0.05) is 18.2 Å². The smallest absolute Gasteiger partial charge is 0.371 e. The van der Waals surface area contributed by atoms with Gasteiger partial charge in [0.25, 0.3) is 0 Å². The highest BCUT2D eigenvalue weighted by atomic mass is 19.4. The summed E-state index contributed by atoms with van der Waals surface area (Å²) in [5, 5.41) is 2.58. The molecule has 0 saturated carbocycles. The normalized spacial score (nSPS) is 13.3. The van der Waals surface area contributed by atoms with Gasteiger partial charge in [-0.3, -0.25) is 4.79 Å². The molecule has 0 aromatic carbocycles. The summed E-state index contributed by atoms with van der Waals surface area (Å²) in [5.74, 6) is -0.427. The van der Waals surface area contributed by atoms with Gasteiger partial charge >= 0.3 is 6.18 Å². The van der Waals surface area contributed by atoms with E-state index in [9.17, 15) is 18.0 Å². The van der Waals surface area contributed by atoms with Crippen LogP contribution < -0.4 is 11.1 Å². The maximum Gasteiger partial charge on any atom is 0.433 e. The van der Waals surface area contributed by atoms with Gasteiger partial charge in [0.15, 0.2) is 0 Å². The number of nitrogens with zero attached hydrogens (tertiary/aromatic N) is 1. The average Bonchev–Trinajstić information content (AvgIpc) is 2.48. The number of carbonyl (C=O) groups excluding carboxylic acids is 1. The molecule has 1 atom stereocenters. The number of hydrogen-bond donors (Lipinski definition) is 2. The monoisotopic (exact) mass is 317 g/mol. The van der Waals surface area contributed by atoms with E-state index in [0.717, 1.165) is 6.07 Å². The number of alkyl halides is 3. The van der Waals surface area contributed by atoms with Gasteiger partial charge in [0.05, 0.1) is 0 Å². The van der Waals surface area contributed by atoms with Crippen molar-refractivity contribution in [1.82, 2.24) is 10.3 Å². The zero-order valence-corrected chi connectivity index (χ0v) is 12.1. The van der Waals surface area contributed by atoms with Gasteiger partial charge in [-0.05, 0) is 12.1 Å². The molecule has 1 aromatic rings. The number of ether oxygens (including phenoxy) is 1. The molecule has 22 heavy (non-hydrogen) atoms. The predicted octanol–water partition coefficient (Wildman–Crippen LogP) is 1.29. The third-order valence-corrected chi connectivity index (χ3v) is 2.77. The number of nitrogens with two attached hydrogens (primary N) is 1. The maximum atomic E-state index is 12.6. The first-order valence-corrected chi connectivity index (χ1v) is 6.57. The molecule has 5 nitrogen and oxygen atoms in total. The third kappa shape index (κ3) is 5.82. The van der Waals surface area contributed by atoms with E-state index in [-0.39, 0.29) is 18.7 Å². The Morgan fingerprint density at radius 1 is 1.45 bits per heavy atom. The number of aromatic nitrogens is 1. The number of carbonyl (C=O) groups is 1. The summed E-state index contributed by atoms with van der Waals surface area (Å²) in [6, 6.07) is 3.55. The van der Waals surface area contributed by atoms with Crippen LogP contribution in [0.15, 0.2) is 30.4 Å². The molecule has 0 bridgehead atoms. The Kier molecular flexibility index (Phi) is 7.00. The Hall–Kier alpha value is -1.93. The number of hydrogen-bond acceptors (Lipinski definition) is 4. The van der Waals surface area contributed by atoms with Crippen molar-refractivity contribution in [3.63, 3.8) is 0 Å². The van der Waals surface area contributed by atoms with Gasteiger partial charge in [0, 0.05) is 32.3 Å². The molecule has 0 aliphatic carbocycles. The molecule has 0 fully saturated rings. The fourth-order valence-electron chi connectivity index (χ4n) is 1.68. The van der Waals surface area contributed by atoms with E-state index in [1.165, 1.54) is 19.2 Å². The molecule has 0 spiro atoms. The number of rotatable bonds is 7. The lowest BCUT2D eigenvalue weighted by molar-refractivity contribution is -0.141. The lowest BCUT2D eigenvalue weighted by atomic mass is 10.1. The first-order chi connectivity index (χ1) is 10.4. The molecule has 0 radical (unpaired) electrons. The predicted molar refractivity (Wildman–Crippen MR) is 74.9 cm³/mol. The molecule has 0 unspecified atom stereocenters. The van der Waals surface area contributed by atoms with Crippen LogP contribution in [-0.4, -0.2) is 37.2 Å². The topological polar surface area (TPSA) is 77.2 Å². The van der Waals surface area contributed by atoms with E-state index in [1.807, 2.05) is 0 Å². The Balaban J connectivity index is 2.69. The van der Waals surface area contributed by atoms with Crippen LogP contribution >= 0.6 is 0 Å². The van der Waals surface area contributed by atoms with Crippen molar-refractivity contribution >= 4 is 5.91 Å². The van der Waals surface area contributed by atoms with Crippen LogP contribution in [0.1, 0.15) is 11.4 Å². The molecule has 0 aliphatic heterocycles. The minimum Gasteiger partial charge on any atom is -0.371 e. The van der Waals surface area contributed by atoms with Crippen LogP contribution in [0.4, 0.5) is 13.2 Å². The second-order valence-electron chi connectivity index (χ2n) is 4.39. The zero-order valence-electron chi connectivity index (χ0n) is 12.1. The molecule has 0 aliphatic rings. The van der Waals surface area contributed by atoms with E-state index in [4.69, 9.17) is 10.5 Å². The van der Waals surface area contributed by atoms with Crippen molar-refractivity contribution in [2.24, 2.45) is 5.73 Å². The quantitative estimate of drug-likeness (QED) is 0.743. The Morgan fingerprint density at radius 2 is 2.18 bits per heavy atom. The number of pyridine rings is 1. The minimum absolute atomic E-state index is 0.0488. The standard InChI is InChI=1S/C14H18F3N3O2/c1-22-11(13(21)19-8-3-2-7-18)9-10-5-4-6-12(20-10)14(15,16)17/h2-6,11H,7-9,18H2,1H3,(H,19,21)/b3-2+/t11-/m0/s1. The van der Waals surface area contributed by atoms with Crippen LogP contribution in [0.2, 0.25) is 0 Å². The van der Waals surface area contributed by atoms with Crippen LogP contribution in [0, 0.1) is 0 Å². The average molecular weight is 317 g/mol. The largest absolute Gasteiger partial charge is 0.433 e. The molecule has 3 N–H and O–H groups in total. The zero-order chi connectivity index (χ0) is 16.6. The first-order valence-electron chi connectivity index (χ1n) is 6.57. The molecule has 1 amide bonds. The van der Waals surface area contributed by atoms with Crippen molar-refractivity contribution in [2.45, 2.75) is 18.7 Å². The van der Waals surface area contributed by atoms with Crippen LogP contribution in [0.5, 0.6) is 0 Å². The summed E-state index contributed by atoms with van der Waals surface area (Å²) in [6.07, 6.45) is -2.13. The molecular formula is C14H18F3N3O2. The molecule has 1 rings (SSSR count). The second-order valence-corrected chi connectivity index (χ2v) is 4.39. The van der Waals surface area contributed by atoms with Gasteiger partial charge in [-0.15, -0.1) is 0 Å². The highest BCUT2D eigenvalue weighted by Crippen LogP contribution is 2.27. The fourth-order valence-corrected chi connectivity index (χ4v) is 1.68. The highest BCUT2D eigenvalue weighted by Gasteiger charge is 2.32. The van der Waals surface area contributed by atoms with Gasteiger partial charge in [0.1, 0.15) is 11.8 Å². The van der Waals surface area contributed by atoms with Gasteiger partial charge in [-0.2, -0.15) is 13.2 Å². The van der Waals surface area contributed by atoms with Crippen LogP contribution in [0.25, 0.3) is 0 Å². The van der Waals surface area contributed by atoms with Crippen molar-refractivity contribution in [1.29, 1.82) is 0 Å². The lowest BCUT2D eigenvalue weighted by Crippen LogP contribution is -2.37. The summed E-state index contributed by atoms with van der Waals surface area (Å²) in [5.41, 5.74) is 4.40. The maximum absolute atomic E-state index is 12.6. The van der Waals surface area contributed by atoms with E-state index >= 15 is 0 Å². The summed E-state index contributed by atoms with van der Waals surface area (Å²) >= 11 is 0. The Labute approximate surface area is 126 Å². The Bertz CT molecular complexity index is 518. The van der Waals surface area contributed by atoms with Crippen LogP contribution in [-0.2, 0) is 22.1 Å².